The second kappa shape index (κ2) is 4.85. The molecule has 0 saturated carbocycles. The summed E-state index contributed by atoms with van der Waals surface area (Å²) in [7, 11) is 0. The summed E-state index contributed by atoms with van der Waals surface area (Å²) in [5.41, 5.74) is 0. The van der Waals surface area contributed by atoms with Crippen LogP contribution in [-0.2, 0) is 5.11 Å². The van der Waals surface area contributed by atoms with Gasteiger partial charge >= 0.3 is 0 Å². The monoisotopic (exact) mass is 113 g/mol. The van der Waals surface area contributed by atoms with E-state index in [1.807, 2.05) is 26.0 Å². The lowest BCUT2D eigenvalue weighted by atomic mass is 10.2. The van der Waals surface area contributed by atoms with Crippen LogP contribution in [0.5, 0.6) is 0 Å². The van der Waals surface area contributed by atoms with Crippen LogP contribution in [0.15, 0.2) is 12.2 Å². The molecule has 8 heavy (non-hydrogen) atoms. The Morgan fingerprint density at radius 1 is 1.62 bits per heavy atom. The predicted octanol–water partition coefficient (Wildman–Crippen LogP) is 2.16. The molecule has 1 unspecified atom stereocenters. The van der Waals surface area contributed by atoms with Gasteiger partial charge in [-0.1, -0.05) is 19.1 Å². The van der Waals surface area contributed by atoms with Crippen LogP contribution in [0.4, 0.5) is 0 Å². The van der Waals surface area contributed by atoms with Crippen LogP contribution in [0, 0.1) is 0 Å². The summed E-state index contributed by atoms with van der Waals surface area (Å²) in [5.74, 6) is 0. The Kier molecular flexibility index (Phi) is 4.67. The Morgan fingerprint density at radius 2 is 2.25 bits per heavy atom. The minimum Gasteiger partial charge on any atom is -0.233 e. The summed E-state index contributed by atoms with van der Waals surface area (Å²) in [6.07, 6.45) is 4.88. The summed E-state index contributed by atoms with van der Waals surface area (Å²) >= 11 is 0. The molecule has 0 rings (SSSR count). The molecule has 0 spiro atoms. The van der Waals surface area contributed by atoms with Crippen molar-refractivity contribution >= 4 is 0 Å². The average Bonchev–Trinajstić information content (AvgIpc) is 1.83. The van der Waals surface area contributed by atoms with Gasteiger partial charge in [-0.05, 0) is 19.8 Å². The quantitative estimate of drug-likeness (QED) is 0.500. The van der Waals surface area contributed by atoms with Gasteiger partial charge in [0.2, 0.25) is 0 Å². The summed E-state index contributed by atoms with van der Waals surface area (Å²) in [6, 6.07) is 0. The lowest BCUT2D eigenvalue weighted by molar-refractivity contribution is 0.0882. The van der Waals surface area contributed by atoms with Crippen molar-refractivity contribution < 1.29 is 5.11 Å². The maximum Gasteiger partial charge on any atom is 0.0961 e. The van der Waals surface area contributed by atoms with Gasteiger partial charge in [0, 0.05) is 0 Å². The molecular weight excluding hydrogens is 100 g/mol. The molecule has 1 heteroatoms. The molecule has 0 N–H and O–H groups in total. The highest BCUT2D eigenvalue weighted by molar-refractivity contribution is 4.79. The predicted molar refractivity (Wildman–Crippen MR) is 34.2 cm³/mol. The van der Waals surface area contributed by atoms with Crippen LogP contribution >= 0.6 is 0 Å². The van der Waals surface area contributed by atoms with Crippen molar-refractivity contribution in [1.82, 2.24) is 0 Å². The van der Waals surface area contributed by atoms with E-state index in [1.165, 1.54) is 0 Å². The molecule has 0 amide bonds. The molecule has 0 heterocycles. The Labute approximate surface area is 51.0 Å². The van der Waals surface area contributed by atoms with Gasteiger partial charge in [0.1, 0.15) is 0 Å². The van der Waals surface area contributed by atoms with Crippen LogP contribution in [-0.4, -0.2) is 6.10 Å². The molecule has 0 fully saturated rings. The van der Waals surface area contributed by atoms with E-state index >= 15 is 0 Å². The standard InChI is InChI=1S/C7H13O/c1-3-5-6-7(8)4-2/h3,5,7H,4,6H2,1-2H3. The van der Waals surface area contributed by atoms with Crippen molar-refractivity contribution in [2.45, 2.75) is 32.8 Å². The van der Waals surface area contributed by atoms with Crippen molar-refractivity contribution in [2.75, 3.05) is 0 Å². The average molecular weight is 113 g/mol. The van der Waals surface area contributed by atoms with Crippen molar-refractivity contribution in [2.24, 2.45) is 0 Å². The largest absolute Gasteiger partial charge is 0.233 e. The minimum absolute atomic E-state index is 0.383. The molecular formula is C7H13O. The Balaban J connectivity index is 3.10. The van der Waals surface area contributed by atoms with Crippen LogP contribution in [0.25, 0.3) is 0 Å². The highest BCUT2D eigenvalue weighted by Gasteiger charge is 1.96. The van der Waals surface area contributed by atoms with Gasteiger partial charge in [-0.25, -0.2) is 5.11 Å². The number of allylic oxidation sites excluding steroid dienone is 1. The van der Waals surface area contributed by atoms with Gasteiger partial charge in [0.15, 0.2) is 0 Å². The van der Waals surface area contributed by atoms with E-state index < -0.39 is 0 Å². The molecule has 1 atom stereocenters. The molecule has 47 valence electrons. The van der Waals surface area contributed by atoms with Crippen LogP contribution in [0.1, 0.15) is 26.7 Å². The van der Waals surface area contributed by atoms with E-state index in [4.69, 9.17) is 0 Å². The Morgan fingerprint density at radius 3 is 2.62 bits per heavy atom. The molecule has 0 aromatic carbocycles. The van der Waals surface area contributed by atoms with E-state index in [0.29, 0.717) is 6.42 Å². The first-order valence-corrected chi connectivity index (χ1v) is 3.08. The molecule has 0 bridgehead atoms. The summed E-state index contributed by atoms with van der Waals surface area (Å²) in [5, 5.41) is 10.6. The second-order valence-electron chi connectivity index (χ2n) is 1.83. The van der Waals surface area contributed by atoms with Crippen LogP contribution < -0.4 is 0 Å². The second-order valence-corrected chi connectivity index (χ2v) is 1.83. The van der Waals surface area contributed by atoms with Crippen molar-refractivity contribution in [3.63, 3.8) is 0 Å². The molecule has 0 aromatic heterocycles. The molecule has 0 aliphatic carbocycles. The topological polar surface area (TPSA) is 19.9 Å². The smallest absolute Gasteiger partial charge is 0.0961 e. The Bertz CT molecular complexity index is 66.8. The van der Waals surface area contributed by atoms with E-state index in [-0.39, 0.29) is 6.10 Å². The first kappa shape index (κ1) is 7.70. The Hall–Kier alpha value is -0.300. The van der Waals surface area contributed by atoms with Gasteiger partial charge in [-0.2, -0.15) is 0 Å². The minimum atomic E-state index is -0.383. The first-order chi connectivity index (χ1) is 3.81. The normalized spacial score (nSPS) is 14.9. The van der Waals surface area contributed by atoms with E-state index in [0.717, 1.165) is 6.42 Å². The fourth-order valence-corrected chi connectivity index (χ4v) is 0.455. The van der Waals surface area contributed by atoms with E-state index in [9.17, 15) is 5.11 Å². The molecule has 0 aliphatic rings. The first-order valence-electron chi connectivity index (χ1n) is 3.08. The highest BCUT2D eigenvalue weighted by Crippen LogP contribution is 1.97. The maximum atomic E-state index is 10.6. The lowest BCUT2D eigenvalue weighted by Gasteiger charge is -1.96. The zero-order valence-corrected chi connectivity index (χ0v) is 5.55. The molecule has 0 aromatic rings. The van der Waals surface area contributed by atoms with Gasteiger partial charge in [0.25, 0.3) is 0 Å². The number of hydrogen-bond acceptors (Lipinski definition) is 0. The van der Waals surface area contributed by atoms with E-state index in [1.54, 1.807) is 0 Å². The molecule has 0 saturated heterocycles. The lowest BCUT2D eigenvalue weighted by Crippen LogP contribution is -1.98. The third-order valence-corrected chi connectivity index (χ3v) is 1.09. The SMILES string of the molecule is CC=CCC([O])CC. The number of rotatable bonds is 3. The third kappa shape index (κ3) is 3.88. The zero-order valence-electron chi connectivity index (χ0n) is 5.55. The van der Waals surface area contributed by atoms with Crippen molar-refractivity contribution in [1.29, 1.82) is 0 Å². The molecule has 0 aliphatic heterocycles. The van der Waals surface area contributed by atoms with Crippen LogP contribution in [0.3, 0.4) is 0 Å². The van der Waals surface area contributed by atoms with Crippen molar-refractivity contribution in [3.05, 3.63) is 12.2 Å². The summed E-state index contributed by atoms with van der Waals surface area (Å²) < 4.78 is 0. The zero-order chi connectivity index (χ0) is 6.41. The fourth-order valence-electron chi connectivity index (χ4n) is 0.455. The van der Waals surface area contributed by atoms with Gasteiger partial charge < -0.3 is 0 Å². The van der Waals surface area contributed by atoms with Crippen LogP contribution in [0.2, 0.25) is 0 Å². The van der Waals surface area contributed by atoms with Gasteiger partial charge in [-0.15, -0.1) is 0 Å². The fraction of sp³-hybridized carbons (Fsp3) is 0.714. The summed E-state index contributed by atoms with van der Waals surface area (Å²) in [4.78, 5) is 0. The maximum absolute atomic E-state index is 10.6. The van der Waals surface area contributed by atoms with Gasteiger partial charge in [0.05, 0.1) is 6.10 Å². The van der Waals surface area contributed by atoms with Gasteiger partial charge in [-0.3, -0.25) is 0 Å². The molecule has 1 nitrogen and oxygen atoms in total. The number of hydrogen-bond donors (Lipinski definition) is 0. The molecule has 1 radical (unpaired) electrons. The summed E-state index contributed by atoms with van der Waals surface area (Å²) in [6.45, 7) is 3.85. The van der Waals surface area contributed by atoms with Crippen molar-refractivity contribution in [3.8, 4) is 0 Å². The third-order valence-electron chi connectivity index (χ3n) is 1.09. The highest BCUT2D eigenvalue weighted by atomic mass is 16.3. The van der Waals surface area contributed by atoms with E-state index in [2.05, 4.69) is 0 Å².